The lowest BCUT2D eigenvalue weighted by molar-refractivity contribution is -0.128. The summed E-state index contributed by atoms with van der Waals surface area (Å²) in [6, 6.07) is 0. The van der Waals surface area contributed by atoms with Gasteiger partial charge in [-0.25, -0.2) is 0 Å². The predicted molar refractivity (Wildman–Crippen MR) is 71.9 cm³/mol. The van der Waals surface area contributed by atoms with Gasteiger partial charge in [0.1, 0.15) is 0 Å². The zero-order valence-corrected chi connectivity index (χ0v) is 11.7. The van der Waals surface area contributed by atoms with E-state index in [4.69, 9.17) is 0 Å². The Labute approximate surface area is 106 Å². The molecular weight excluding hydrogens is 212 g/mol. The zero-order chi connectivity index (χ0) is 12.7. The first kappa shape index (κ1) is 14.5. The Hall–Kier alpha value is -0.570. The van der Waals surface area contributed by atoms with Crippen LogP contribution in [0.25, 0.3) is 0 Å². The van der Waals surface area contributed by atoms with Gasteiger partial charge < -0.3 is 10.2 Å². The molecule has 3 nitrogen and oxygen atoms in total. The van der Waals surface area contributed by atoms with Gasteiger partial charge in [0.2, 0.25) is 5.91 Å². The van der Waals surface area contributed by atoms with E-state index in [0.717, 1.165) is 24.9 Å². The molecule has 1 saturated carbocycles. The predicted octanol–water partition coefficient (Wildman–Crippen LogP) is 2.27. The molecule has 0 bridgehead atoms. The summed E-state index contributed by atoms with van der Waals surface area (Å²) < 4.78 is 0. The van der Waals surface area contributed by atoms with Crippen LogP contribution in [-0.2, 0) is 4.79 Å². The van der Waals surface area contributed by atoms with E-state index in [1.165, 1.54) is 32.1 Å². The van der Waals surface area contributed by atoms with Gasteiger partial charge in [0.05, 0.1) is 6.54 Å². The highest BCUT2D eigenvalue weighted by atomic mass is 16.2. The molecule has 0 aromatic carbocycles. The fourth-order valence-electron chi connectivity index (χ4n) is 2.54. The molecule has 0 atom stereocenters. The van der Waals surface area contributed by atoms with Crippen LogP contribution in [0.2, 0.25) is 0 Å². The second kappa shape index (κ2) is 7.70. The van der Waals surface area contributed by atoms with E-state index in [0.29, 0.717) is 6.54 Å². The van der Waals surface area contributed by atoms with Gasteiger partial charge in [0, 0.05) is 13.6 Å². The number of rotatable bonds is 6. The average molecular weight is 240 g/mol. The monoisotopic (exact) mass is 240 g/mol. The van der Waals surface area contributed by atoms with Crippen LogP contribution in [0.4, 0.5) is 0 Å². The van der Waals surface area contributed by atoms with Crippen LogP contribution in [0.15, 0.2) is 0 Å². The normalized spacial score (nSPS) is 24.6. The third-order valence-electron chi connectivity index (χ3n) is 4.15. The van der Waals surface area contributed by atoms with Crippen molar-refractivity contribution in [3.05, 3.63) is 0 Å². The molecule has 3 heteroatoms. The second-order valence-corrected chi connectivity index (χ2v) is 5.33. The second-order valence-electron chi connectivity index (χ2n) is 5.33. The van der Waals surface area contributed by atoms with Gasteiger partial charge in [-0.05, 0) is 38.1 Å². The number of likely N-dealkylation sites (N-methyl/N-ethyl adjacent to an activating group) is 1. The van der Waals surface area contributed by atoms with Gasteiger partial charge in [-0.15, -0.1) is 0 Å². The maximum absolute atomic E-state index is 11.6. The maximum atomic E-state index is 11.6. The van der Waals surface area contributed by atoms with Gasteiger partial charge in [-0.2, -0.15) is 0 Å². The summed E-state index contributed by atoms with van der Waals surface area (Å²) in [7, 11) is 1.86. The molecule has 0 unspecified atom stereocenters. The first-order chi connectivity index (χ1) is 8.17. The van der Waals surface area contributed by atoms with E-state index in [-0.39, 0.29) is 5.91 Å². The van der Waals surface area contributed by atoms with Crippen molar-refractivity contribution in [1.29, 1.82) is 0 Å². The number of nitrogens with zero attached hydrogens (tertiary/aromatic N) is 1. The lowest BCUT2D eigenvalue weighted by atomic mass is 9.81. The van der Waals surface area contributed by atoms with E-state index in [9.17, 15) is 4.79 Å². The molecule has 1 N–H and O–H groups in total. The largest absolute Gasteiger partial charge is 0.345 e. The van der Waals surface area contributed by atoms with Gasteiger partial charge >= 0.3 is 0 Å². The highest BCUT2D eigenvalue weighted by Gasteiger charge is 2.19. The Bertz CT molecular complexity index is 222. The summed E-state index contributed by atoms with van der Waals surface area (Å²) in [6.07, 6.45) is 6.77. The smallest absolute Gasteiger partial charge is 0.236 e. The minimum absolute atomic E-state index is 0.203. The molecule has 0 aliphatic heterocycles. The SMILES string of the molecule is CCC1CCC(CNCC(=O)N(C)CC)CC1. The molecule has 1 amide bonds. The molecule has 0 spiro atoms. The molecule has 1 aliphatic rings. The Kier molecular flexibility index (Phi) is 6.56. The first-order valence-corrected chi connectivity index (χ1v) is 7.12. The van der Waals surface area contributed by atoms with Crippen LogP contribution in [0.3, 0.4) is 0 Å². The van der Waals surface area contributed by atoms with E-state index in [1.807, 2.05) is 14.0 Å². The number of amides is 1. The van der Waals surface area contributed by atoms with Crippen LogP contribution in [-0.4, -0.2) is 37.5 Å². The Morgan fingerprint density at radius 3 is 2.29 bits per heavy atom. The molecule has 1 aliphatic carbocycles. The van der Waals surface area contributed by atoms with Crippen LogP contribution in [0.1, 0.15) is 46.0 Å². The van der Waals surface area contributed by atoms with E-state index < -0.39 is 0 Å². The van der Waals surface area contributed by atoms with Crippen molar-refractivity contribution in [1.82, 2.24) is 10.2 Å². The Morgan fingerprint density at radius 2 is 1.76 bits per heavy atom. The molecule has 0 aromatic rings. The summed E-state index contributed by atoms with van der Waals surface area (Å²) in [5, 5.41) is 3.31. The Morgan fingerprint density at radius 1 is 1.18 bits per heavy atom. The lowest BCUT2D eigenvalue weighted by Crippen LogP contribution is -2.37. The van der Waals surface area contributed by atoms with Crippen molar-refractivity contribution >= 4 is 5.91 Å². The summed E-state index contributed by atoms with van der Waals surface area (Å²) in [4.78, 5) is 13.3. The molecule has 0 aromatic heterocycles. The molecule has 0 heterocycles. The molecule has 17 heavy (non-hydrogen) atoms. The Balaban J connectivity index is 2.09. The quantitative estimate of drug-likeness (QED) is 0.772. The third kappa shape index (κ3) is 5.07. The number of carbonyl (C=O) groups excluding carboxylic acids is 1. The van der Waals surface area contributed by atoms with Gasteiger partial charge in [0.25, 0.3) is 0 Å². The average Bonchev–Trinajstić information content (AvgIpc) is 2.38. The highest BCUT2D eigenvalue weighted by Crippen LogP contribution is 2.29. The molecule has 0 radical (unpaired) electrons. The van der Waals surface area contributed by atoms with Crippen molar-refractivity contribution in [3.8, 4) is 0 Å². The van der Waals surface area contributed by atoms with Crippen LogP contribution < -0.4 is 5.32 Å². The van der Waals surface area contributed by atoms with Gasteiger partial charge in [0.15, 0.2) is 0 Å². The maximum Gasteiger partial charge on any atom is 0.236 e. The van der Waals surface area contributed by atoms with Crippen molar-refractivity contribution in [2.75, 3.05) is 26.7 Å². The van der Waals surface area contributed by atoms with Crippen molar-refractivity contribution in [2.45, 2.75) is 46.0 Å². The van der Waals surface area contributed by atoms with Crippen molar-refractivity contribution in [2.24, 2.45) is 11.8 Å². The number of hydrogen-bond acceptors (Lipinski definition) is 2. The summed E-state index contributed by atoms with van der Waals surface area (Å²) in [6.45, 7) is 6.60. The molecular formula is C14H28N2O. The lowest BCUT2D eigenvalue weighted by Gasteiger charge is -2.28. The molecule has 1 fully saturated rings. The van der Waals surface area contributed by atoms with Crippen molar-refractivity contribution in [3.63, 3.8) is 0 Å². The molecule has 0 saturated heterocycles. The summed E-state index contributed by atoms with van der Waals surface area (Å²) in [5.74, 6) is 1.95. The van der Waals surface area contributed by atoms with Gasteiger partial charge in [-0.3, -0.25) is 4.79 Å². The van der Waals surface area contributed by atoms with Crippen molar-refractivity contribution < 1.29 is 4.79 Å². The van der Waals surface area contributed by atoms with E-state index in [1.54, 1.807) is 4.90 Å². The van der Waals surface area contributed by atoms with E-state index >= 15 is 0 Å². The van der Waals surface area contributed by atoms with Crippen LogP contribution in [0, 0.1) is 11.8 Å². The topological polar surface area (TPSA) is 32.3 Å². The molecule has 100 valence electrons. The van der Waals surface area contributed by atoms with Crippen LogP contribution >= 0.6 is 0 Å². The molecule has 1 rings (SSSR count). The third-order valence-corrected chi connectivity index (χ3v) is 4.15. The number of carbonyl (C=O) groups is 1. The van der Waals surface area contributed by atoms with Gasteiger partial charge in [-0.1, -0.05) is 26.2 Å². The zero-order valence-electron chi connectivity index (χ0n) is 11.7. The highest BCUT2D eigenvalue weighted by molar-refractivity contribution is 5.77. The summed E-state index contributed by atoms with van der Waals surface area (Å²) in [5.41, 5.74) is 0. The fourth-order valence-corrected chi connectivity index (χ4v) is 2.54. The fraction of sp³-hybridized carbons (Fsp3) is 0.929. The standard InChI is InChI=1S/C14H28N2O/c1-4-12-6-8-13(9-7-12)10-15-11-14(17)16(3)5-2/h12-13,15H,4-11H2,1-3H3. The minimum atomic E-state index is 0.203. The first-order valence-electron chi connectivity index (χ1n) is 7.12. The van der Waals surface area contributed by atoms with Crippen LogP contribution in [0.5, 0.6) is 0 Å². The minimum Gasteiger partial charge on any atom is -0.345 e. The summed E-state index contributed by atoms with van der Waals surface area (Å²) >= 11 is 0. The number of hydrogen-bond donors (Lipinski definition) is 1. The number of nitrogens with one attached hydrogen (secondary N) is 1. The van der Waals surface area contributed by atoms with E-state index in [2.05, 4.69) is 12.2 Å².